The van der Waals surface area contributed by atoms with Crippen LogP contribution in [-0.4, -0.2) is 26.5 Å². The first-order valence-electron chi connectivity index (χ1n) is 6.98. The molecule has 104 valence electrons. The maximum Gasteiger partial charge on any atom is 0.161 e. The van der Waals surface area contributed by atoms with Crippen molar-refractivity contribution in [3.05, 3.63) is 23.3 Å². The zero-order valence-corrected chi connectivity index (χ0v) is 12.3. The minimum absolute atomic E-state index is 0.665. The van der Waals surface area contributed by atoms with Gasteiger partial charge < -0.3 is 9.47 Å². The largest absolute Gasteiger partial charge is 0.493 e. The van der Waals surface area contributed by atoms with Gasteiger partial charge in [-0.25, -0.2) is 0 Å². The van der Waals surface area contributed by atoms with Gasteiger partial charge in [0.25, 0.3) is 0 Å². The normalized spacial score (nSPS) is 15.5. The number of methoxy groups -OCH3 is 2. The SMILES string of the molecule is CCC(C)CC1=NCCc2cc(OC)c(OC)cc21. The summed E-state index contributed by atoms with van der Waals surface area (Å²) in [5.74, 6) is 2.27. The van der Waals surface area contributed by atoms with Crippen molar-refractivity contribution in [1.29, 1.82) is 0 Å². The number of nitrogens with zero attached hydrogens (tertiary/aromatic N) is 1. The molecule has 1 aromatic rings. The Morgan fingerprint density at radius 3 is 2.53 bits per heavy atom. The van der Waals surface area contributed by atoms with E-state index in [1.165, 1.54) is 23.3 Å². The molecule has 0 bridgehead atoms. The molecule has 0 amide bonds. The van der Waals surface area contributed by atoms with E-state index in [-0.39, 0.29) is 0 Å². The molecule has 3 heteroatoms. The van der Waals surface area contributed by atoms with Crippen molar-refractivity contribution in [3.8, 4) is 11.5 Å². The second-order valence-corrected chi connectivity index (χ2v) is 5.16. The summed E-state index contributed by atoms with van der Waals surface area (Å²) in [4.78, 5) is 4.71. The average molecular weight is 261 g/mol. The number of rotatable bonds is 5. The van der Waals surface area contributed by atoms with Gasteiger partial charge in [-0.05, 0) is 36.5 Å². The van der Waals surface area contributed by atoms with E-state index in [0.29, 0.717) is 5.92 Å². The first-order valence-corrected chi connectivity index (χ1v) is 6.98. The lowest BCUT2D eigenvalue weighted by Crippen LogP contribution is -2.16. The van der Waals surface area contributed by atoms with Crippen molar-refractivity contribution in [1.82, 2.24) is 0 Å². The molecule has 1 aromatic carbocycles. The van der Waals surface area contributed by atoms with Gasteiger partial charge in [0.1, 0.15) is 0 Å². The standard InChI is InChI=1S/C16H23NO2/c1-5-11(2)8-14-13-10-16(19-4)15(18-3)9-12(13)6-7-17-14/h9-11H,5-8H2,1-4H3. The van der Waals surface area contributed by atoms with E-state index in [0.717, 1.165) is 30.9 Å². The number of benzene rings is 1. The second-order valence-electron chi connectivity index (χ2n) is 5.16. The van der Waals surface area contributed by atoms with Gasteiger partial charge >= 0.3 is 0 Å². The topological polar surface area (TPSA) is 30.8 Å². The van der Waals surface area contributed by atoms with Gasteiger partial charge in [0.15, 0.2) is 11.5 Å². The second kappa shape index (κ2) is 6.09. The van der Waals surface area contributed by atoms with Crippen LogP contribution in [0.3, 0.4) is 0 Å². The summed E-state index contributed by atoms with van der Waals surface area (Å²) in [6.45, 7) is 5.38. The van der Waals surface area contributed by atoms with Gasteiger partial charge in [-0.1, -0.05) is 20.3 Å². The minimum Gasteiger partial charge on any atom is -0.493 e. The first-order chi connectivity index (χ1) is 9.19. The molecule has 1 aliphatic rings. The van der Waals surface area contributed by atoms with Gasteiger partial charge in [-0.15, -0.1) is 0 Å². The molecular weight excluding hydrogens is 238 g/mol. The molecule has 0 fully saturated rings. The van der Waals surface area contributed by atoms with Crippen LogP contribution in [0, 0.1) is 5.92 Å². The van der Waals surface area contributed by atoms with E-state index in [1.807, 2.05) is 0 Å². The Morgan fingerprint density at radius 2 is 1.89 bits per heavy atom. The summed E-state index contributed by atoms with van der Waals surface area (Å²) < 4.78 is 10.8. The lowest BCUT2D eigenvalue weighted by molar-refractivity contribution is 0.354. The van der Waals surface area contributed by atoms with Crippen molar-refractivity contribution >= 4 is 5.71 Å². The zero-order valence-electron chi connectivity index (χ0n) is 12.3. The zero-order chi connectivity index (χ0) is 13.8. The van der Waals surface area contributed by atoms with E-state index >= 15 is 0 Å². The maximum atomic E-state index is 5.40. The molecule has 0 N–H and O–H groups in total. The number of fused-ring (bicyclic) bond motifs is 1. The minimum atomic E-state index is 0.665. The number of ether oxygens (including phenoxy) is 2. The molecule has 0 saturated heterocycles. The smallest absolute Gasteiger partial charge is 0.161 e. The monoisotopic (exact) mass is 261 g/mol. The Kier molecular flexibility index (Phi) is 4.46. The number of hydrogen-bond acceptors (Lipinski definition) is 3. The van der Waals surface area contributed by atoms with E-state index in [9.17, 15) is 0 Å². The Morgan fingerprint density at radius 1 is 1.21 bits per heavy atom. The number of hydrogen-bond donors (Lipinski definition) is 0. The molecule has 0 aromatic heterocycles. The van der Waals surface area contributed by atoms with Crippen molar-refractivity contribution < 1.29 is 9.47 Å². The van der Waals surface area contributed by atoms with E-state index in [4.69, 9.17) is 14.5 Å². The van der Waals surface area contributed by atoms with Crippen molar-refractivity contribution in [2.24, 2.45) is 10.9 Å². The van der Waals surface area contributed by atoms with Gasteiger partial charge in [-0.2, -0.15) is 0 Å². The van der Waals surface area contributed by atoms with Crippen LogP contribution in [-0.2, 0) is 6.42 Å². The lowest BCUT2D eigenvalue weighted by Gasteiger charge is -2.21. The fraction of sp³-hybridized carbons (Fsp3) is 0.562. The van der Waals surface area contributed by atoms with Crippen molar-refractivity contribution in [2.45, 2.75) is 33.1 Å². The molecule has 19 heavy (non-hydrogen) atoms. The van der Waals surface area contributed by atoms with E-state index in [2.05, 4.69) is 26.0 Å². The third-order valence-corrected chi connectivity index (χ3v) is 3.84. The van der Waals surface area contributed by atoms with Gasteiger partial charge in [0, 0.05) is 17.8 Å². The molecule has 1 aliphatic heterocycles. The molecule has 0 spiro atoms. The Balaban J connectivity index is 2.37. The Labute approximate surface area is 115 Å². The summed E-state index contributed by atoms with van der Waals surface area (Å²) in [5.41, 5.74) is 3.78. The van der Waals surface area contributed by atoms with Crippen LogP contribution in [0.5, 0.6) is 11.5 Å². The third-order valence-electron chi connectivity index (χ3n) is 3.84. The highest BCUT2D eigenvalue weighted by atomic mass is 16.5. The predicted octanol–water partition coefficient (Wildman–Crippen LogP) is 3.49. The summed E-state index contributed by atoms with van der Waals surface area (Å²) in [6.07, 6.45) is 3.21. The number of aliphatic imine (C=N–C) groups is 1. The van der Waals surface area contributed by atoms with E-state index in [1.54, 1.807) is 14.2 Å². The van der Waals surface area contributed by atoms with Crippen LogP contribution in [0.1, 0.15) is 37.8 Å². The Hall–Kier alpha value is -1.51. The van der Waals surface area contributed by atoms with Crippen LogP contribution in [0.15, 0.2) is 17.1 Å². The molecule has 3 nitrogen and oxygen atoms in total. The molecule has 1 heterocycles. The fourth-order valence-corrected chi connectivity index (χ4v) is 2.44. The van der Waals surface area contributed by atoms with Gasteiger partial charge in [0.05, 0.1) is 14.2 Å². The molecule has 0 aliphatic carbocycles. The van der Waals surface area contributed by atoms with Crippen LogP contribution in [0.25, 0.3) is 0 Å². The molecule has 0 saturated carbocycles. The average Bonchev–Trinajstić information content (AvgIpc) is 2.45. The van der Waals surface area contributed by atoms with Gasteiger partial charge in [-0.3, -0.25) is 4.99 Å². The van der Waals surface area contributed by atoms with E-state index < -0.39 is 0 Å². The highest BCUT2D eigenvalue weighted by Crippen LogP contribution is 2.33. The first kappa shape index (κ1) is 13.9. The molecular formula is C16H23NO2. The molecule has 2 rings (SSSR count). The fourth-order valence-electron chi connectivity index (χ4n) is 2.44. The Bertz CT molecular complexity index is 480. The van der Waals surface area contributed by atoms with Crippen LogP contribution >= 0.6 is 0 Å². The maximum absolute atomic E-state index is 5.40. The molecule has 0 radical (unpaired) electrons. The summed E-state index contributed by atoms with van der Waals surface area (Å²) >= 11 is 0. The summed E-state index contributed by atoms with van der Waals surface area (Å²) in [5, 5.41) is 0. The third kappa shape index (κ3) is 2.91. The molecule has 1 atom stereocenters. The highest BCUT2D eigenvalue weighted by molar-refractivity contribution is 6.03. The van der Waals surface area contributed by atoms with Crippen molar-refractivity contribution in [2.75, 3.05) is 20.8 Å². The predicted molar refractivity (Wildman–Crippen MR) is 78.7 cm³/mol. The van der Waals surface area contributed by atoms with Crippen LogP contribution < -0.4 is 9.47 Å². The lowest BCUT2D eigenvalue weighted by atomic mass is 9.90. The van der Waals surface area contributed by atoms with Crippen LogP contribution in [0.4, 0.5) is 0 Å². The summed E-state index contributed by atoms with van der Waals surface area (Å²) in [6, 6.07) is 4.17. The van der Waals surface area contributed by atoms with Crippen LogP contribution in [0.2, 0.25) is 0 Å². The highest BCUT2D eigenvalue weighted by Gasteiger charge is 2.19. The summed E-state index contributed by atoms with van der Waals surface area (Å²) in [7, 11) is 3.36. The quantitative estimate of drug-likeness (QED) is 0.812. The van der Waals surface area contributed by atoms with Crippen molar-refractivity contribution in [3.63, 3.8) is 0 Å². The molecule has 1 unspecified atom stereocenters. The van der Waals surface area contributed by atoms with Gasteiger partial charge in [0.2, 0.25) is 0 Å².